The Labute approximate surface area is 184 Å². The van der Waals surface area contributed by atoms with Crippen LogP contribution in [0.3, 0.4) is 0 Å². The third-order valence-corrected chi connectivity index (χ3v) is 5.78. The summed E-state index contributed by atoms with van der Waals surface area (Å²) in [6, 6.07) is 3.40. The summed E-state index contributed by atoms with van der Waals surface area (Å²) in [7, 11) is 5.90. The average molecular weight is 443 g/mol. The summed E-state index contributed by atoms with van der Waals surface area (Å²) in [6.45, 7) is 2.38. The Morgan fingerprint density at radius 2 is 1.75 bits per heavy atom. The maximum absolute atomic E-state index is 13.3. The third-order valence-electron chi connectivity index (χ3n) is 5.78. The molecule has 0 amide bonds. The van der Waals surface area contributed by atoms with E-state index in [4.69, 9.17) is 18.9 Å². The molecule has 0 aliphatic carbocycles. The molecule has 0 saturated heterocycles. The first-order valence-electron chi connectivity index (χ1n) is 10.2. The van der Waals surface area contributed by atoms with Crippen molar-refractivity contribution in [3.05, 3.63) is 55.4 Å². The highest BCUT2D eigenvalue weighted by Gasteiger charge is 2.42. The Morgan fingerprint density at radius 3 is 2.31 bits per heavy atom. The molecule has 4 rings (SSSR count). The SMILES string of the molecule is CCCn1c2c(c(=O)n(C)c1=O)[C@@H](c1cc(OC)c(OC)c(OC)c1)C1=C(COC1=O)N2. The smallest absolute Gasteiger partial charge is 0.337 e. The molecule has 0 fully saturated rings. The second kappa shape index (κ2) is 8.10. The highest BCUT2D eigenvalue weighted by atomic mass is 16.5. The standard InChI is InChI=1S/C22H25N3O7/c1-6-7-25-19-17(20(26)24(2)22(25)28)15(16-12(23-19)10-32-21(16)27)11-8-13(29-3)18(31-5)14(9-11)30-4/h8-9,15,23H,6-7,10H2,1-5H3/t15-/m0/s1. The normalized spacial score (nSPS) is 16.8. The molecule has 1 atom stereocenters. The van der Waals surface area contributed by atoms with Crippen LogP contribution in [0.4, 0.5) is 5.82 Å². The number of methoxy groups -OCH3 is 3. The topological polar surface area (TPSA) is 110 Å². The first-order valence-corrected chi connectivity index (χ1v) is 10.2. The number of aromatic nitrogens is 2. The van der Waals surface area contributed by atoms with E-state index in [-0.39, 0.29) is 12.2 Å². The molecule has 3 heterocycles. The lowest BCUT2D eigenvalue weighted by atomic mass is 9.82. The number of hydrogen-bond donors (Lipinski definition) is 1. The lowest BCUT2D eigenvalue weighted by Crippen LogP contribution is -2.44. The molecule has 10 heteroatoms. The van der Waals surface area contributed by atoms with Crippen molar-refractivity contribution in [3.63, 3.8) is 0 Å². The van der Waals surface area contributed by atoms with E-state index in [1.165, 1.54) is 32.9 Å². The maximum atomic E-state index is 13.3. The van der Waals surface area contributed by atoms with Crippen LogP contribution in [0.15, 0.2) is 33.0 Å². The van der Waals surface area contributed by atoms with E-state index in [1.807, 2.05) is 6.92 Å². The number of nitrogens with zero attached hydrogens (tertiary/aromatic N) is 2. The van der Waals surface area contributed by atoms with E-state index >= 15 is 0 Å². The van der Waals surface area contributed by atoms with Crippen LogP contribution < -0.4 is 30.8 Å². The molecule has 0 radical (unpaired) electrons. The zero-order valence-electron chi connectivity index (χ0n) is 18.6. The lowest BCUT2D eigenvalue weighted by Gasteiger charge is -2.29. The van der Waals surface area contributed by atoms with Crippen molar-refractivity contribution < 1.29 is 23.7 Å². The van der Waals surface area contributed by atoms with Gasteiger partial charge in [0.15, 0.2) is 11.5 Å². The molecule has 0 bridgehead atoms. The van der Waals surface area contributed by atoms with Crippen LogP contribution in [0.25, 0.3) is 0 Å². The molecule has 32 heavy (non-hydrogen) atoms. The summed E-state index contributed by atoms with van der Waals surface area (Å²) < 4.78 is 24.2. The number of hydrogen-bond acceptors (Lipinski definition) is 8. The fourth-order valence-electron chi connectivity index (χ4n) is 4.32. The number of fused-ring (bicyclic) bond motifs is 1. The van der Waals surface area contributed by atoms with Crippen molar-refractivity contribution in [2.75, 3.05) is 33.3 Å². The number of ether oxygens (including phenoxy) is 4. The van der Waals surface area contributed by atoms with Gasteiger partial charge in [-0.3, -0.25) is 13.9 Å². The summed E-state index contributed by atoms with van der Waals surface area (Å²) >= 11 is 0. The van der Waals surface area contributed by atoms with Gasteiger partial charge in [-0.05, 0) is 24.1 Å². The summed E-state index contributed by atoms with van der Waals surface area (Å²) in [5.41, 5.74) is 0.792. The van der Waals surface area contributed by atoms with E-state index in [2.05, 4.69) is 5.32 Å². The van der Waals surface area contributed by atoms with E-state index < -0.39 is 23.1 Å². The van der Waals surface area contributed by atoms with Gasteiger partial charge >= 0.3 is 11.7 Å². The molecule has 0 unspecified atom stereocenters. The van der Waals surface area contributed by atoms with E-state index in [9.17, 15) is 14.4 Å². The fraction of sp³-hybridized carbons (Fsp3) is 0.409. The summed E-state index contributed by atoms with van der Waals surface area (Å²) in [4.78, 5) is 38.9. The zero-order valence-corrected chi connectivity index (χ0v) is 18.6. The number of rotatable bonds is 6. The van der Waals surface area contributed by atoms with Crippen LogP contribution in [0.2, 0.25) is 0 Å². The van der Waals surface area contributed by atoms with Gasteiger partial charge in [0.05, 0.1) is 44.1 Å². The largest absolute Gasteiger partial charge is 0.493 e. The Kier molecular flexibility index (Phi) is 5.45. The van der Waals surface area contributed by atoms with Gasteiger partial charge in [0.2, 0.25) is 5.75 Å². The lowest BCUT2D eigenvalue weighted by molar-refractivity contribution is -0.136. The third kappa shape index (κ3) is 3.05. The van der Waals surface area contributed by atoms with Gasteiger partial charge in [0.25, 0.3) is 5.56 Å². The van der Waals surface area contributed by atoms with Crippen LogP contribution in [0.1, 0.15) is 30.4 Å². The second-order valence-corrected chi connectivity index (χ2v) is 7.55. The molecular formula is C22H25N3O7. The summed E-state index contributed by atoms with van der Waals surface area (Å²) in [6.07, 6.45) is 0.683. The summed E-state index contributed by atoms with van der Waals surface area (Å²) in [5, 5.41) is 3.13. The van der Waals surface area contributed by atoms with Gasteiger partial charge in [-0.1, -0.05) is 6.92 Å². The highest BCUT2D eigenvalue weighted by molar-refractivity contribution is 5.97. The number of benzene rings is 1. The molecule has 1 aromatic carbocycles. The highest BCUT2D eigenvalue weighted by Crippen LogP contribution is 2.47. The average Bonchev–Trinajstić information content (AvgIpc) is 3.18. The van der Waals surface area contributed by atoms with Gasteiger partial charge in [0.1, 0.15) is 12.4 Å². The van der Waals surface area contributed by atoms with Crippen molar-refractivity contribution in [3.8, 4) is 17.2 Å². The number of carbonyl (C=O) groups excluding carboxylic acids is 1. The number of nitrogens with one attached hydrogen (secondary N) is 1. The second-order valence-electron chi connectivity index (χ2n) is 7.55. The van der Waals surface area contributed by atoms with Crippen molar-refractivity contribution in [1.82, 2.24) is 9.13 Å². The van der Waals surface area contributed by atoms with Gasteiger partial charge in [-0.2, -0.15) is 0 Å². The van der Waals surface area contributed by atoms with Crippen LogP contribution in [-0.2, 0) is 23.1 Å². The fourth-order valence-corrected chi connectivity index (χ4v) is 4.32. The van der Waals surface area contributed by atoms with Crippen molar-refractivity contribution in [2.45, 2.75) is 25.8 Å². The minimum Gasteiger partial charge on any atom is -0.493 e. The van der Waals surface area contributed by atoms with E-state index in [0.29, 0.717) is 52.9 Å². The molecule has 2 aliphatic heterocycles. The molecule has 0 spiro atoms. The van der Waals surface area contributed by atoms with Gasteiger partial charge < -0.3 is 24.3 Å². The van der Waals surface area contributed by atoms with Crippen molar-refractivity contribution in [1.29, 1.82) is 0 Å². The van der Waals surface area contributed by atoms with E-state index in [1.54, 1.807) is 12.1 Å². The molecule has 2 aliphatic rings. The first-order chi connectivity index (χ1) is 15.4. The molecule has 1 N–H and O–H groups in total. The minimum atomic E-state index is -0.785. The number of cyclic esters (lactones) is 1. The molecular weight excluding hydrogens is 418 g/mol. The van der Waals surface area contributed by atoms with Crippen LogP contribution in [0.5, 0.6) is 17.2 Å². The van der Waals surface area contributed by atoms with Crippen LogP contribution >= 0.6 is 0 Å². The van der Waals surface area contributed by atoms with Crippen LogP contribution in [-0.4, -0.2) is 43.0 Å². The Bertz CT molecular complexity index is 1230. The Hall–Kier alpha value is -3.69. The zero-order chi connectivity index (χ0) is 23.2. The molecule has 2 aromatic rings. The van der Waals surface area contributed by atoms with Gasteiger partial charge in [-0.15, -0.1) is 0 Å². The van der Waals surface area contributed by atoms with Crippen molar-refractivity contribution >= 4 is 11.8 Å². The number of carbonyl (C=O) groups is 1. The predicted octanol–water partition coefficient (Wildman–Crippen LogP) is 1.35. The predicted molar refractivity (Wildman–Crippen MR) is 116 cm³/mol. The Balaban J connectivity index is 2.08. The number of anilines is 1. The van der Waals surface area contributed by atoms with E-state index in [0.717, 1.165) is 4.57 Å². The van der Waals surface area contributed by atoms with Gasteiger partial charge in [0, 0.05) is 13.6 Å². The van der Waals surface area contributed by atoms with Crippen molar-refractivity contribution in [2.24, 2.45) is 7.05 Å². The molecule has 1 aromatic heterocycles. The molecule has 170 valence electrons. The quantitative estimate of drug-likeness (QED) is 0.667. The Morgan fingerprint density at radius 1 is 1.09 bits per heavy atom. The number of esters is 1. The first kappa shape index (κ1) is 21.5. The molecule has 10 nitrogen and oxygen atoms in total. The summed E-state index contributed by atoms with van der Waals surface area (Å²) in [5.74, 6) is 0.221. The minimum absolute atomic E-state index is 0.0318. The molecule has 0 saturated carbocycles. The van der Waals surface area contributed by atoms with Crippen LogP contribution in [0, 0.1) is 0 Å². The maximum Gasteiger partial charge on any atom is 0.337 e. The monoisotopic (exact) mass is 443 g/mol. The van der Waals surface area contributed by atoms with Gasteiger partial charge in [-0.25, -0.2) is 9.59 Å².